The van der Waals surface area contributed by atoms with Gasteiger partial charge in [0.15, 0.2) is 6.10 Å². The van der Waals surface area contributed by atoms with E-state index in [1.54, 1.807) is 0 Å². The second-order valence-corrected chi connectivity index (χ2v) is 7.21. The number of rotatable bonds is 5. The summed E-state index contributed by atoms with van der Waals surface area (Å²) in [6.07, 6.45) is 4.96. The molecule has 3 rings (SSSR count). The van der Waals surface area contributed by atoms with Crippen LogP contribution in [-0.4, -0.2) is 18.1 Å². The number of amides is 1. The molecular formula is C19H27NO2. The first-order valence-electron chi connectivity index (χ1n) is 8.56. The molecule has 1 N–H and O–H groups in total. The van der Waals surface area contributed by atoms with Crippen molar-refractivity contribution in [3.8, 4) is 5.75 Å². The Hall–Kier alpha value is -1.51. The van der Waals surface area contributed by atoms with E-state index in [1.807, 2.05) is 38.1 Å². The maximum atomic E-state index is 12.4. The zero-order valence-electron chi connectivity index (χ0n) is 13.8. The minimum atomic E-state index is -0.455. The van der Waals surface area contributed by atoms with Crippen molar-refractivity contribution in [1.82, 2.24) is 5.32 Å². The first-order valence-corrected chi connectivity index (χ1v) is 8.56. The molecule has 1 aromatic rings. The van der Waals surface area contributed by atoms with Gasteiger partial charge in [-0.1, -0.05) is 24.1 Å². The van der Waals surface area contributed by atoms with E-state index in [2.05, 4.69) is 12.2 Å². The van der Waals surface area contributed by atoms with Gasteiger partial charge in [-0.3, -0.25) is 4.79 Å². The minimum Gasteiger partial charge on any atom is -0.481 e. The summed E-state index contributed by atoms with van der Waals surface area (Å²) in [6, 6.07) is 8.08. The third-order valence-electron chi connectivity index (χ3n) is 5.51. The van der Waals surface area contributed by atoms with Crippen molar-refractivity contribution in [2.45, 2.75) is 58.6 Å². The maximum absolute atomic E-state index is 12.4. The molecule has 0 radical (unpaired) electrons. The lowest BCUT2D eigenvalue weighted by molar-refractivity contribution is -0.128. The van der Waals surface area contributed by atoms with Gasteiger partial charge in [-0.15, -0.1) is 0 Å². The van der Waals surface area contributed by atoms with Gasteiger partial charge >= 0.3 is 0 Å². The topological polar surface area (TPSA) is 38.3 Å². The zero-order chi connectivity index (χ0) is 15.7. The van der Waals surface area contributed by atoms with Crippen LogP contribution in [0.5, 0.6) is 5.75 Å². The highest BCUT2D eigenvalue weighted by Crippen LogP contribution is 2.49. The molecule has 0 saturated heterocycles. The number of hydrogen-bond acceptors (Lipinski definition) is 2. The molecule has 0 spiro atoms. The van der Waals surface area contributed by atoms with Crippen LogP contribution >= 0.6 is 0 Å². The monoisotopic (exact) mass is 301 g/mol. The van der Waals surface area contributed by atoms with Crippen molar-refractivity contribution in [1.29, 1.82) is 0 Å². The molecule has 2 fully saturated rings. The van der Waals surface area contributed by atoms with Crippen molar-refractivity contribution in [3.63, 3.8) is 0 Å². The predicted octanol–water partition coefficient (Wildman–Crippen LogP) is 3.70. The Labute approximate surface area is 133 Å². The Morgan fingerprint density at radius 3 is 2.50 bits per heavy atom. The Morgan fingerprint density at radius 2 is 1.91 bits per heavy atom. The van der Waals surface area contributed by atoms with Crippen molar-refractivity contribution in [3.05, 3.63) is 29.8 Å². The molecule has 2 aliphatic rings. The van der Waals surface area contributed by atoms with Crippen LogP contribution in [0.25, 0.3) is 0 Å². The summed E-state index contributed by atoms with van der Waals surface area (Å²) >= 11 is 0. The molecule has 1 aromatic carbocycles. The molecule has 0 aromatic heterocycles. The molecule has 5 unspecified atom stereocenters. The van der Waals surface area contributed by atoms with Crippen LogP contribution < -0.4 is 10.1 Å². The van der Waals surface area contributed by atoms with E-state index in [1.165, 1.54) is 31.2 Å². The lowest BCUT2D eigenvalue weighted by Gasteiger charge is -2.29. The number of nitrogens with one attached hydrogen (secondary N) is 1. The zero-order valence-corrected chi connectivity index (χ0v) is 13.8. The van der Waals surface area contributed by atoms with Gasteiger partial charge in [-0.25, -0.2) is 0 Å². The summed E-state index contributed by atoms with van der Waals surface area (Å²) < 4.78 is 5.74. The van der Waals surface area contributed by atoms with E-state index in [0.717, 1.165) is 17.6 Å². The van der Waals surface area contributed by atoms with E-state index < -0.39 is 6.10 Å². The van der Waals surface area contributed by atoms with Crippen LogP contribution in [0.15, 0.2) is 24.3 Å². The fraction of sp³-hybridized carbons (Fsp3) is 0.632. The molecule has 120 valence electrons. The molecule has 2 saturated carbocycles. The quantitative estimate of drug-likeness (QED) is 0.900. The highest BCUT2D eigenvalue weighted by Gasteiger charge is 2.42. The number of aryl methyl sites for hydroxylation is 1. The van der Waals surface area contributed by atoms with Gasteiger partial charge in [0.2, 0.25) is 0 Å². The van der Waals surface area contributed by atoms with Crippen LogP contribution in [0, 0.1) is 24.7 Å². The average molecular weight is 301 g/mol. The molecular weight excluding hydrogens is 274 g/mol. The van der Waals surface area contributed by atoms with E-state index in [9.17, 15) is 4.79 Å². The van der Waals surface area contributed by atoms with E-state index >= 15 is 0 Å². The molecule has 5 atom stereocenters. The van der Waals surface area contributed by atoms with Gasteiger partial charge in [-0.2, -0.15) is 0 Å². The van der Waals surface area contributed by atoms with Gasteiger partial charge in [0.25, 0.3) is 5.91 Å². The summed E-state index contributed by atoms with van der Waals surface area (Å²) in [5.74, 6) is 3.15. The van der Waals surface area contributed by atoms with Gasteiger partial charge < -0.3 is 10.1 Å². The van der Waals surface area contributed by atoms with Gasteiger partial charge in [0.1, 0.15) is 5.75 Å². The van der Waals surface area contributed by atoms with Crippen molar-refractivity contribution in [2.24, 2.45) is 17.8 Å². The fourth-order valence-corrected chi connectivity index (χ4v) is 4.23. The summed E-state index contributed by atoms with van der Waals surface area (Å²) in [6.45, 7) is 6.02. The highest BCUT2D eigenvalue weighted by atomic mass is 16.5. The van der Waals surface area contributed by atoms with E-state index in [-0.39, 0.29) is 11.9 Å². The molecule has 3 heteroatoms. The molecule has 0 aliphatic heterocycles. The van der Waals surface area contributed by atoms with E-state index in [0.29, 0.717) is 5.92 Å². The number of benzene rings is 1. The third-order valence-corrected chi connectivity index (χ3v) is 5.51. The first-order chi connectivity index (χ1) is 10.5. The Morgan fingerprint density at radius 1 is 1.18 bits per heavy atom. The normalized spacial score (nSPS) is 29.1. The van der Waals surface area contributed by atoms with Crippen LogP contribution in [0.2, 0.25) is 0 Å². The molecule has 3 nitrogen and oxygen atoms in total. The number of ether oxygens (including phenoxy) is 1. The Balaban J connectivity index is 1.51. The fourth-order valence-electron chi connectivity index (χ4n) is 4.23. The molecule has 2 aliphatic carbocycles. The van der Waals surface area contributed by atoms with Crippen molar-refractivity contribution >= 4 is 5.91 Å². The second-order valence-electron chi connectivity index (χ2n) is 7.21. The smallest absolute Gasteiger partial charge is 0.260 e. The number of hydrogen-bond donors (Lipinski definition) is 1. The van der Waals surface area contributed by atoms with Crippen LogP contribution in [0.4, 0.5) is 0 Å². The largest absolute Gasteiger partial charge is 0.481 e. The number of carbonyl (C=O) groups excluding carboxylic acids is 1. The van der Waals surface area contributed by atoms with E-state index in [4.69, 9.17) is 4.74 Å². The summed E-state index contributed by atoms with van der Waals surface area (Å²) in [5.41, 5.74) is 1.19. The summed E-state index contributed by atoms with van der Waals surface area (Å²) in [5, 5.41) is 3.17. The second kappa shape index (κ2) is 6.31. The predicted molar refractivity (Wildman–Crippen MR) is 87.8 cm³/mol. The van der Waals surface area contributed by atoms with Crippen LogP contribution in [0.3, 0.4) is 0 Å². The third kappa shape index (κ3) is 3.29. The Kier molecular flexibility index (Phi) is 4.42. The lowest BCUT2D eigenvalue weighted by atomic mass is 9.84. The van der Waals surface area contributed by atoms with Gasteiger partial charge in [0.05, 0.1) is 0 Å². The molecule has 22 heavy (non-hydrogen) atoms. The number of fused-ring (bicyclic) bond motifs is 2. The van der Waals surface area contributed by atoms with Gasteiger partial charge in [0, 0.05) is 6.04 Å². The summed E-state index contributed by atoms with van der Waals surface area (Å²) in [7, 11) is 0. The summed E-state index contributed by atoms with van der Waals surface area (Å²) in [4.78, 5) is 12.4. The lowest BCUT2D eigenvalue weighted by Crippen LogP contribution is -2.45. The Bertz CT molecular complexity index is 525. The van der Waals surface area contributed by atoms with Crippen molar-refractivity contribution in [2.75, 3.05) is 0 Å². The minimum absolute atomic E-state index is 0.00384. The molecule has 0 heterocycles. The highest BCUT2D eigenvalue weighted by molar-refractivity contribution is 5.81. The SMILES string of the molecule is Cc1ccc(OC(C)C(=O)NC(C)C2CC3CCC2C3)cc1. The van der Waals surface area contributed by atoms with Crippen molar-refractivity contribution < 1.29 is 9.53 Å². The average Bonchev–Trinajstić information content (AvgIpc) is 3.12. The first kappa shape index (κ1) is 15.4. The van der Waals surface area contributed by atoms with Crippen LogP contribution in [0.1, 0.15) is 45.1 Å². The molecule has 1 amide bonds. The van der Waals surface area contributed by atoms with Gasteiger partial charge in [-0.05, 0) is 69.9 Å². The molecule has 2 bridgehead atoms. The van der Waals surface area contributed by atoms with Crippen LogP contribution in [-0.2, 0) is 4.79 Å². The number of carbonyl (C=O) groups is 1. The standard InChI is InChI=1S/C19H27NO2/c1-12-4-8-17(9-5-12)22-14(3)19(21)20-13(2)18-11-15-6-7-16(18)10-15/h4-5,8-9,13-16,18H,6-7,10-11H2,1-3H3,(H,20,21). The maximum Gasteiger partial charge on any atom is 0.260 e.